The summed E-state index contributed by atoms with van der Waals surface area (Å²) in [5.74, 6) is 0. The van der Waals surface area contributed by atoms with Crippen LogP contribution in [0.4, 0.5) is 22.7 Å². The first kappa shape index (κ1) is 18.8. The quantitative estimate of drug-likeness (QED) is 0.373. The first-order chi connectivity index (χ1) is 14.1. The summed E-state index contributed by atoms with van der Waals surface area (Å²) < 4.78 is 0. The van der Waals surface area contributed by atoms with Gasteiger partial charge >= 0.3 is 0 Å². The Bertz CT molecular complexity index is 985. The number of hydrogen-bond acceptors (Lipinski definition) is 2. The van der Waals surface area contributed by atoms with E-state index in [1.54, 1.807) is 0 Å². The van der Waals surface area contributed by atoms with Gasteiger partial charge in [0.2, 0.25) is 0 Å². The van der Waals surface area contributed by atoms with E-state index in [-0.39, 0.29) is 5.54 Å². The van der Waals surface area contributed by atoms with Gasteiger partial charge in [-0.3, -0.25) is 0 Å². The molecule has 1 N–H and O–H groups in total. The fraction of sp³-hybridized carbons (Fsp3) is 0.111. The van der Waals surface area contributed by atoms with Gasteiger partial charge in [-0.25, -0.2) is 0 Å². The highest BCUT2D eigenvalue weighted by atomic mass is 15.1. The van der Waals surface area contributed by atoms with Crippen LogP contribution in [0.25, 0.3) is 0 Å². The van der Waals surface area contributed by atoms with Crippen LogP contribution >= 0.6 is 0 Å². The van der Waals surface area contributed by atoms with Crippen LogP contribution in [-0.2, 0) is 5.54 Å². The third kappa shape index (κ3) is 4.33. The molecular weight excluding hydrogens is 352 g/mol. The average Bonchev–Trinajstić information content (AvgIpc) is 2.76. The lowest BCUT2D eigenvalue weighted by molar-refractivity contribution is 0.609. The van der Waals surface area contributed by atoms with E-state index in [2.05, 4.69) is 121 Å². The van der Waals surface area contributed by atoms with Gasteiger partial charge in [-0.1, -0.05) is 66.7 Å². The lowest BCUT2D eigenvalue weighted by Gasteiger charge is -2.30. The average molecular weight is 379 g/mol. The normalized spacial score (nSPS) is 11.1. The summed E-state index contributed by atoms with van der Waals surface area (Å²) in [6.07, 6.45) is 0. The van der Waals surface area contributed by atoms with Crippen molar-refractivity contribution in [2.45, 2.75) is 19.4 Å². The molecule has 0 spiro atoms. The standard InChI is InChI=1S/C27H26N2/c1-27(2,28-23-12-6-3-7-13-23)22-18-20-26(21-19-22)29(24-14-8-4-9-15-24)25-16-10-5-11-17-25/h3-21,28H,1-2H3. The van der Waals surface area contributed by atoms with Gasteiger partial charge in [-0.05, 0) is 67.9 Å². The zero-order chi connectivity index (χ0) is 20.1. The van der Waals surface area contributed by atoms with Crippen molar-refractivity contribution in [3.63, 3.8) is 0 Å². The minimum atomic E-state index is -0.176. The van der Waals surface area contributed by atoms with Crippen LogP contribution < -0.4 is 10.2 Å². The van der Waals surface area contributed by atoms with E-state index in [4.69, 9.17) is 0 Å². The van der Waals surface area contributed by atoms with Crippen molar-refractivity contribution in [1.82, 2.24) is 0 Å². The Morgan fingerprint density at radius 1 is 0.517 bits per heavy atom. The van der Waals surface area contributed by atoms with E-state index in [1.807, 2.05) is 18.2 Å². The van der Waals surface area contributed by atoms with E-state index < -0.39 is 0 Å². The first-order valence-electron chi connectivity index (χ1n) is 9.97. The summed E-state index contributed by atoms with van der Waals surface area (Å²) in [6, 6.07) is 40.1. The van der Waals surface area contributed by atoms with Crippen molar-refractivity contribution in [1.29, 1.82) is 0 Å². The summed E-state index contributed by atoms with van der Waals surface area (Å²) in [4.78, 5) is 2.28. The third-order valence-corrected chi connectivity index (χ3v) is 5.11. The Morgan fingerprint density at radius 3 is 1.41 bits per heavy atom. The Balaban J connectivity index is 1.66. The molecule has 0 saturated heterocycles. The molecule has 0 aliphatic carbocycles. The van der Waals surface area contributed by atoms with E-state index in [0.717, 1.165) is 22.7 Å². The van der Waals surface area contributed by atoms with Crippen LogP contribution in [0.3, 0.4) is 0 Å². The lowest BCUT2D eigenvalue weighted by Crippen LogP contribution is -2.27. The van der Waals surface area contributed by atoms with Crippen molar-refractivity contribution in [2.24, 2.45) is 0 Å². The van der Waals surface area contributed by atoms with Crippen LogP contribution in [0.2, 0.25) is 0 Å². The zero-order valence-corrected chi connectivity index (χ0v) is 16.9. The molecule has 2 nitrogen and oxygen atoms in total. The molecule has 4 aromatic rings. The van der Waals surface area contributed by atoms with Crippen LogP contribution in [0.1, 0.15) is 19.4 Å². The maximum atomic E-state index is 3.63. The molecule has 0 saturated carbocycles. The van der Waals surface area contributed by atoms with Crippen LogP contribution in [0.5, 0.6) is 0 Å². The molecule has 0 fully saturated rings. The molecular formula is C27H26N2. The molecule has 0 radical (unpaired) electrons. The maximum Gasteiger partial charge on any atom is 0.0569 e. The molecule has 4 aromatic carbocycles. The van der Waals surface area contributed by atoms with Crippen LogP contribution in [0, 0.1) is 0 Å². The van der Waals surface area contributed by atoms with Gasteiger partial charge in [0.15, 0.2) is 0 Å². The summed E-state index contributed by atoms with van der Waals surface area (Å²) in [5, 5.41) is 3.63. The van der Waals surface area contributed by atoms with E-state index in [1.165, 1.54) is 5.56 Å². The second kappa shape index (κ2) is 8.24. The van der Waals surface area contributed by atoms with Gasteiger partial charge in [0, 0.05) is 22.7 Å². The Kier molecular flexibility index (Phi) is 5.35. The summed E-state index contributed by atoms with van der Waals surface area (Å²) in [6.45, 7) is 4.42. The van der Waals surface area contributed by atoms with Crippen molar-refractivity contribution >= 4 is 22.7 Å². The van der Waals surface area contributed by atoms with E-state index >= 15 is 0 Å². The largest absolute Gasteiger partial charge is 0.376 e. The van der Waals surface area contributed by atoms with Crippen molar-refractivity contribution in [2.75, 3.05) is 10.2 Å². The number of anilines is 4. The molecule has 0 unspecified atom stereocenters. The van der Waals surface area contributed by atoms with Gasteiger partial charge in [0.25, 0.3) is 0 Å². The third-order valence-electron chi connectivity index (χ3n) is 5.11. The van der Waals surface area contributed by atoms with Crippen LogP contribution in [0.15, 0.2) is 115 Å². The maximum absolute atomic E-state index is 3.63. The molecule has 0 atom stereocenters. The smallest absolute Gasteiger partial charge is 0.0569 e. The number of hydrogen-bond donors (Lipinski definition) is 1. The highest BCUT2D eigenvalue weighted by Crippen LogP contribution is 2.35. The molecule has 2 heteroatoms. The molecule has 0 aromatic heterocycles. The Morgan fingerprint density at radius 2 is 0.931 bits per heavy atom. The fourth-order valence-corrected chi connectivity index (χ4v) is 3.58. The van der Waals surface area contributed by atoms with Gasteiger partial charge in [0.1, 0.15) is 0 Å². The predicted molar refractivity (Wildman–Crippen MR) is 124 cm³/mol. The molecule has 29 heavy (non-hydrogen) atoms. The highest BCUT2D eigenvalue weighted by Gasteiger charge is 2.21. The summed E-state index contributed by atoms with van der Waals surface area (Å²) in [5.41, 5.74) is 5.62. The molecule has 0 heterocycles. The first-order valence-corrected chi connectivity index (χ1v) is 9.97. The molecule has 144 valence electrons. The van der Waals surface area contributed by atoms with Gasteiger partial charge in [-0.2, -0.15) is 0 Å². The molecule has 0 bridgehead atoms. The molecule has 0 aliphatic heterocycles. The summed E-state index contributed by atoms with van der Waals surface area (Å²) in [7, 11) is 0. The van der Waals surface area contributed by atoms with Crippen LogP contribution in [-0.4, -0.2) is 0 Å². The van der Waals surface area contributed by atoms with Crippen molar-refractivity contribution in [3.8, 4) is 0 Å². The number of benzene rings is 4. The highest BCUT2D eigenvalue weighted by molar-refractivity contribution is 5.76. The predicted octanol–water partition coefficient (Wildman–Crippen LogP) is 7.50. The van der Waals surface area contributed by atoms with Crippen molar-refractivity contribution in [3.05, 3.63) is 121 Å². The molecule has 0 aliphatic rings. The van der Waals surface area contributed by atoms with E-state index in [0.29, 0.717) is 0 Å². The minimum Gasteiger partial charge on any atom is -0.376 e. The number of nitrogens with zero attached hydrogens (tertiary/aromatic N) is 1. The number of rotatable bonds is 6. The Hall–Kier alpha value is -3.52. The summed E-state index contributed by atoms with van der Waals surface area (Å²) >= 11 is 0. The van der Waals surface area contributed by atoms with E-state index in [9.17, 15) is 0 Å². The number of nitrogens with one attached hydrogen (secondary N) is 1. The van der Waals surface area contributed by atoms with Gasteiger partial charge < -0.3 is 10.2 Å². The zero-order valence-electron chi connectivity index (χ0n) is 16.9. The van der Waals surface area contributed by atoms with Crippen molar-refractivity contribution < 1.29 is 0 Å². The topological polar surface area (TPSA) is 15.3 Å². The monoisotopic (exact) mass is 378 g/mol. The second-order valence-corrected chi connectivity index (χ2v) is 7.67. The molecule has 4 rings (SSSR count). The lowest BCUT2D eigenvalue weighted by atomic mass is 9.93. The Labute approximate surface area is 173 Å². The van der Waals surface area contributed by atoms with Gasteiger partial charge in [0.05, 0.1) is 5.54 Å². The SMILES string of the molecule is CC(C)(Nc1ccccc1)c1ccc(N(c2ccccc2)c2ccccc2)cc1. The second-order valence-electron chi connectivity index (χ2n) is 7.67. The minimum absolute atomic E-state index is 0.176. The number of para-hydroxylation sites is 3. The fourth-order valence-electron chi connectivity index (χ4n) is 3.58. The van der Waals surface area contributed by atoms with Gasteiger partial charge in [-0.15, -0.1) is 0 Å². The molecule has 0 amide bonds.